The number of anilines is 1. The van der Waals surface area contributed by atoms with E-state index in [4.69, 9.17) is 4.74 Å². The average molecular weight is 382 g/mol. The zero-order chi connectivity index (χ0) is 18.8. The molecule has 0 aliphatic heterocycles. The van der Waals surface area contributed by atoms with Gasteiger partial charge in [0.2, 0.25) is 5.88 Å². The highest BCUT2D eigenvalue weighted by atomic mass is 32.1. The minimum Gasteiger partial charge on any atom is -0.467 e. The summed E-state index contributed by atoms with van der Waals surface area (Å²) < 4.78 is 5.78. The molecule has 1 aliphatic carbocycles. The summed E-state index contributed by atoms with van der Waals surface area (Å²) in [6.45, 7) is 4.22. The number of fused-ring (bicyclic) bond motifs is 3. The van der Waals surface area contributed by atoms with E-state index in [2.05, 4.69) is 29.1 Å². The number of thiophene rings is 1. The van der Waals surface area contributed by atoms with Crippen LogP contribution in [0.25, 0.3) is 10.2 Å². The molecule has 0 spiro atoms. The van der Waals surface area contributed by atoms with Gasteiger partial charge in [-0.3, -0.25) is 4.79 Å². The fourth-order valence-electron chi connectivity index (χ4n) is 3.45. The lowest BCUT2D eigenvalue weighted by molar-refractivity contribution is -0.118. The minimum atomic E-state index is -0.192. The Bertz CT molecular complexity index is 963. The topological polar surface area (TPSA) is 64.1 Å². The Hall–Kier alpha value is -2.47. The first-order valence-electron chi connectivity index (χ1n) is 9.39. The van der Waals surface area contributed by atoms with Crippen LogP contribution in [-0.4, -0.2) is 22.5 Å². The van der Waals surface area contributed by atoms with Crippen molar-refractivity contribution in [3.05, 3.63) is 46.6 Å². The number of aromatic nitrogens is 2. The first-order valence-corrected chi connectivity index (χ1v) is 10.2. The van der Waals surface area contributed by atoms with Crippen LogP contribution < -0.4 is 10.1 Å². The van der Waals surface area contributed by atoms with Crippen molar-refractivity contribution in [2.24, 2.45) is 0 Å². The van der Waals surface area contributed by atoms with E-state index >= 15 is 0 Å². The molecular formula is C21H23N3O2S. The van der Waals surface area contributed by atoms with Gasteiger partial charge in [0.25, 0.3) is 5.91 Å². The molecule has 0 saturated heterocycles. The lowest BCUT2D eigenvalue weighted by Crippen LogP contribution is -2.20. The molecule has 1 aromatic carbocycles. The standard InChI is InChI=1S/C21H23N3O2S/c1-13(2)14-7-9-15(10-8-14)24-18(25)11-26-20-19-16-5-3-4-6-17(16)27-21(19)23-12-22-20/h7-10,12-13H,3-6,11H2,1-2H3,(H,24,25). The Kier molecular flexibility index (Phi) is 5.07. The molecule has 140 valence electrons. The Morgan fingerprint density at radius 3 is 2.74 bits per heavy atom. The number of hydrogen-bond acceptors (Lipinski definition) is 5. The molecule has 5 nitrogen and oxygen atoms in total. The number of carbonyl (C=O) groups excluding carboxylic acids is 1. The van der Waals surface area contributed by atoms with Crippen LogP contribution in [-0.2, 0) is 17.6 Å². The Morgan fingerprint density at radius 2 is 1.96 bits per heavy atom. The number of benzene rings is 1. The van der Waals surface area contributed by atoms with Gasteiger partial charge in [0.15, 0.2) is 6.61 Å². The van der Waals surface area contributed by atoms with Gasteiger partial charge in [-0.1, -0.05) is 26.0 Å². The van der Waals surface area contributed by atoms with Crippen molar-refractivity contribution in [2.45, 2.75) is 45.4 Å². The van der Waals surface area contributed by atoms with E-state index in [9.17, 15) is 4.79 Å². The van der Waals surface area contributed by atoms with Crippen LogP contribution in [0.1, 0.15) is 48.6 Å². The monoisotopic (exact) mass is 381 g/mol. The zero-order valence-electron chi connectivity index (χ0n) is 15.6. The summed E-state index contributed by atoms with van der Waals surface area (Å²) in [5.74, 6) is 0.794. The van der Waals surface area contributed by atoms with Gasteiger partial charge in [-0.15, -0.1) is 11.3 Å². The summed E-state index contributed by atoms with van der Waals surface area (Å²) in [7, 11) is 0. The third-order valence-electron chi connectivity index (χ3n) is 4.92. The molecule has 2 aromatic heterocycles. The molecule has 0 atom stereocenters. The van der Waals surface area contributed by atoms with Crippen molar-refractivity contribution in [2.75, 3.05) is 11.9 Å². The second kappa shape index (κ2) is 7.64. The van der Waals surface area contributed by atoms with Crippen LogP contribution in [0.3, 0.4) is 0 Å². The molecule has 0 fully saturated rings. The van der Waals surface area contributed by atoms with E-state index in [0.717, 1.165) is 28.7 Å². The molecule has 27 heavy (non-hydrogen) atoms. The molecule has 1 N–H and O–H groups in total. The van der Waals surface area contributed by atoms with Crippen LogP contribution in [0.5, 0.6) is 5.88 Å². The lowest BCUT2D eigenvalue weighted by atomic mass is 9.97. The van der Waals surface area contributed by atoms with Crippen molar-refractivity contribution < 1.29 is 9.53 Å². The van der Waals surface area contributed by atoms with Crippen LogP contribution >= 0.6 is 11.3 Å². The number of ether oxygens (including phenoxy) is 1. The minimum absolute atomic E-state index is 0.0668. The van der Waals surface area contributed by atoms with Crippen LogP contribution in [0.15, 0.2) is 30.6 Å². The molecule has 4 rings (SSSR count). The highest BCUT2D eigenvalue weighted by Crippen LogP contribution is 2.38. The van der Waals surface area contributed by atoms with E-state index in [0.29, 0.717) is 11.8 Å². The number of rotatable bonds is 5. The summed E-state index contributed by atoms with van der Waals surface area (Å²) in [4.78, 5) is 23.3. The Morgan fingerprint density at radius 1 is 1.19 bits per heavy atom. The van der Waals surface area contributed by atoms with Crippen LogP contribution in [0.4, 0.5) is 5.69 Å². The smallest absolute Gasteiger partial charge is 0.262 e. The average Bonchev–Trinajstić information content (AvgIpc) is 3.06. The van der Waals surface area contributed by atoms with E-state index in [1.165, 1.54) is 35.2 Å². The van der Waals surface area contributed by atoms with Crippen molar-refractivity contribution in [3.8, 4) is 5.88 Å². The van der Waals surface area contributed by atoms with Gasteiger partial charge in [0, 0.05) is 10.6 Å². The molecular weight excluding hydrogens is 358 g/mol. The Labute approximate surface area is 162 Å². The maximum Gasteiger partial charge on any atom is 0.262 e. The summed E-state index contributed by atoms with van der Waals surface area (Å²) in [5.41, 5.74) is 3.32. The third kappa shape index (κ3) is 3.81. The van der Waals surface area contributed by atoms with Gasteiger partial charge >= 0.3 is 0 Å². The maximum atomic E-state index is 12.3. The van der Waals surface area contributed by atoms with Gasteiger partial charge in [-0.05, 0) is 54.9 Å². The summed E-state index contributed by atoms with van der Waals surface area (Å²) >= 11 is 1.72. The predicted octanol–water partition coefficient (Wildman–Crippen LogP) is 4.71. The number of nitrogens with zero attached hydrogens (tertiary/aromatic N) is 2. The first-order chi connectivity index (χ1) is 13.1. The molecule has 6 heteroatoms. The number of amides is 1. The second-order valence-electron chi connectivity index (χ2n) is 7.18. The van der Waals surface area contributed by atoms with Crippen LogP contribution in [0, 0.1) is 0 Å². The Balaban J connectivity index is 1.45. The molecule has 0 radical (unpaired) electrons. The number of hydrogen-bond donors (Lipinski definition) is 1. The molecule has 0 saturated carbocycles. The van der Waals surface area contributed by atoms with Crippen molar-refractivity contribution in [1.29, 1.82) is 0 Å². The molecule has 2 heterocycles. The highest BCUT2D eigenvalue weighted by molar-refractivity contribution is 7.18. The van der Waals surface area contributed by atoms with Gasteiger partial charge in [-0.25, -0.2) is 9.97 Å². The molecule has 1 aliphatic rings. The SMILES string of the molecule is CC(C)c1ccc(NC(=O)COc2ncnc3sc4c(c23)CCCC4)cc1. The molecule has 1 amide bonds. The van der Waals surface area contributed by atoms with E-state index in [-0.39, 0.29) is 12.5 Å². The quantitative estimate of drug-likeness (QED) is 0.695. The number of nitrogens with one attached hydrogen (secondary N) is 1. The maximum absolute atomic E-state index is 12.3. The van der Waals surface area contributed by atoms with Gasteiger partial charge in [0.05, 0.1) is 5.39 Å². The normalized spacial score (nSPS) is 13.6. The third-order valence-corrected chi connectivity index (χ3v) is 6.12. The number of carbonyl (C=O) groups is 1. The van der Waals surface area contributed by atoms with Crippen molar-refractivity contribution >= 4 is 33.1 Å². The summed E-state index contributed by atoms with van der Waals surface area (Å²) in [5, 5.41) is 3.87. The van der Waals surface area contributed by atoms with Gasteiger partial charge in [0.1, 0.15) is 11.2 Å². The van der Waals surface area contributed by atoms with E-state index in [1.807, 2.05) is 24.3 Å². The van der Waals surface area contributed by atoms with Crippen LogP contribution in [0.2, 0.25) is 0 Å². The summed E-state index contributed by atoms with van der Waals surface area (Å²) in [6.07, 6.45) is 6.06. The fourth-order valence-corrected chi connectivity index (χ4v) is 4.67. The van der Waals surface area contributed by atoms with E-state index < -0.39 is 0 Å². The first kappa shape index (κ1) is 17.9. The van der Waals surface area contributed by atoms with Crippen molar-refractivity contribution in [3.63, 3.8) is 0 Å². The lowest BCUT2D eigenvalue weighted by Gasteiger charge is -2.12. The van der Waals surface area contributed by atoms with E-state index in [1.54, 1.807) is 11.3 Å². The summed E-state index contributed by atoms with van der Waals surface area (Å²) in [6, 6.07) is 7.91. The van der Waals surface area contributed by atoms with Gasteiger partial charge < -0.3 is 10.1 Å². The molecule has 0 bridgehead atoms. The fraction of sp³-hybridized carbons (Fsp3) is 0.381. The second-order valence-corrected chi connectivity index (χ2v) is 8.27. The predicted molar refractivity (Wildman–Crippen MR) is 109 cm³/mol. The number of aryl methyl sites for hydroxylation is 2. The van der Waals surface area contributed by atoms with Gasteiger partial charge in [-0.2, -0.15) is 0 Å². The zero-order valence-corrected chi connectivity index (χ0v) is 16.4. The largest absolute Gasteiger partial charge is 0.467 e. The highest BCUT2D eigenvalue weighted by Gasteiger charge is 2.21. The van der Waals surface area contributed by atoms with Crippen molar-refractivity contribution in [1.82, 2.24) is 9.97 Å². The molecule has 3 aromatic rings. The molecule has 0 unspecified atom stereocenters.